The highest BCUT2D eigenvalue weighted by Crippen LogP contribution is 2.34. The molecule has 0 amide bonds. The predicted octanol–water partition coefficient (Wildman–Crippen LogP) is 5.73. The first-order valence-corrected chi connectivity index (χ1v) is 10.9. The number of hydrogen-bond donors (Lipinski definition) is 1. The van der Waals surface area contributed by atoms with E-state index >= 15 is 0 Å². The highest BCUT2D eigenvalue weighted by molar-refractivity contribution is 7.14. The van der Waals surface area contributed by atoms with Crippen LogP contribution in [0.2, 0.25) is 0 Å². The molecule has 0 spiro atoms. The predicted molar refractivity (Wildman–Crippen MR) is 111 cm³/mol. The van der Waals surface area contributed by atoms with Crippen molar-refractivity contribution < 1.29 is 0 Å². The average molecular weight is 380 g/mol. The number of para-hydroxylation sites is 1. The van der Waals surface area contributed by atoms with Crippen LogP contribution >= 0.6 is 22.7 Å². The van der Waals surface area contributed by atoms with Crippen LogP contribution in [0.25, 0.3) is 21.5 Å². The number of thiophene rings is 1. The van der Waals surface area contributed by atoms with Gasteiger partial charge in [0.05, 0.1) is 5.69 Å². The van der Waals surface area contributed by atoms with E-state index in [1.165, 1.54) is 40.6 Å². The Labute approximate surface area is 161 Å². The van der Waals surface area contributed by atoms with E-state index < -0.39 is 0 Å². The number of likely N-dealkylation sites (tertiary alicyclic amines) is 1. The Hall–Kier alpha value is -1.95. The molecule has 0 bridgehead atoms. The number of hydrogen-bond acceptors (Lipinski definition) is 4. The van der Waals surface area contributed by atoms with Gasteiger partial charge in [-0.2, -0.15) is 11.3 Å². The minimum Gasteiger partial charge on any atom is -0.361 e. The minimum absolute atomic E-state index is 0.666. The first-order chi connectivity index (χ1) is 12.9. The second kappa shape index (κ2) is 6.99. The number of fused-ring (bicyclic) bond motifs is 1. The summed E-state index contributed by atoms with van der Waals surface area (Å²) in [7, 11) is 0. The van der Waals surface area contributed by atoms with Gasteiger partial charge in [0.2, 0.25) is 0 Å². The number of piperidine rings is 1. The molecule has 0 radical (unpaired) electrons. The fourth-order valence-electron chi connectivity index (χ4n) is 3.96. The summed E-state index contributed by atoms with van der Waals surface area (Å²) >= 11 is 3.49. The highest BCUT2D eigenvalue weighted by Gasteiger charge is 2.23. The van der Waals surface area contributed by atoms with Gasteiger partial charge in [-0.1, -0.05) is 18.2 Å². The average Bonchev–Trinajstić information content (AvgIpc) is 3.43. The third-order valence-electron chi connectivity index (χ3n) is 5.35. The number of nitrogens with one attached hydrogen (secondary N) is 1. The van der Waals surface area contributed by atoms with Gasteiger partial charge in [0.1, 0.15) is 5.01 Å². The Kier molecular flexibility index (Phi) is 4.36. The molecule has 3 aromatic heterocycles. The molecule has 0 atom stereocenters. The lowest BCUT2D eigenvalue weighted by molar-refractivity contribution is 0.203. The van der Waals surface area contributed by atoms with E-state index in [1.54, 1.807) is 22.7 Å². The van der Waals surface area contributed by atoms with Gasteiger partial charge in [-0.25, -0.2) is 4.98 Å². The zero-order chi connectivity index (χ0) is 17.3. The fourth-order valence-corrected chi connectivity index (χ4v) is 5.48. The monoisotopic (exact) mass is 379 g/mol. The van der Waals surface area contributed by atoms with Gasteiger partial charge < -0.3 is 4.98 Å². The molecule has 3 nitrogen and oxygen atoms in total. The number of aromatic amines is 1. The molecule has 26 heavy (non-hydrogen) atoms. The van der Waals surface area contributed by atoms with Crippen LogP contribution in [0.3, 0.4) is 0 Å². The van der Waals surface area contributed by atoms with Crippen LogP contribution in [0.15, 0.2) is 52.7 Å². The lowest BCUT2D eigenvalue weighted by Gasteiger charge is -2.31. The first-order valence-electron chi connectivity index (χ1n) is 9.12. The highest BCUT2D eigenvalue weighted by atomic mass is 32.1. The third-order valence-corrected chi connectivity index (χ3v) is 6.98. The first kappa shape index (κ1) is 16.2. The molecule has 1 aliphatic heterocycles. The Morgan fingerprint density at radius 2 is 2.00 bits per heavy atom. The molecule has 5 heteroatoms. The van der Waals surface area contributed by atoms with Gasteiger partial charge in [-0.15, -0.1) is 11.3 Å². The third kappa shape index (κ3) is 3.11. The quantitative estimate of drug-likeness (QED) is 0.491. The topological polar surface area (TPSA) is 31.9 Å². The Bertz CT molecular complexity index is 991. The summed E-state index contributed by atoms with van der Waals surface area (Å²) in [4.78, 5) is 10.8. The minimum atomic E-state index is 0.666. The van der Waals surface area contributed by atoms with Gasteiger partial charge in [-0.05, 0) is 54.9 Å². The Balaban J connectivity index is 1.23. The van der Waals surface area contributed by atoms with Gasteiger partial charge in [0.25, 0.3) is 0 Å². The van der Waals surface area contributed by atoms with Crippen molar-refractivity contribution in [1.82, 2.24) is 14.9 Å². The second-order valence-electron chi connectivity index (χ2n) is 7.00. The number of thiazole rings is 1. The van der Waals surface area contributed by atoms with Crippen LogP contribution in [0.4, 0.5) is 0 Å². The zero-order valence-electron chi connectivity index (χ0n) is 14.5. The van der Waals surface area contributed by atoms with Crippen molar-refractivity contribution >= 4 is 33.6 Å². The van der Waals surface area contributed by atoms with Crippen molar-refractivity contribution in [3.8, 4) is 10.6 Å². The lowest BCUT2D eigenvalue weighted by atomic mass is 9.89. The Morgan fingerprint density at radius 1 is 1.12 bits per heavy atom. The van der Waals surface area contributed by atoms with E-state index in [9.17, 15) is 0 Å². The maximum Gasteiger partial charge on any atom is 0.124 e. The smallest absolute Gasteiger partial charge is 0.124 e. The van der Waals surface area contributed by atoms with Crippen molar-refractivity contribution in [3.63, 3.8) is 0 Å². The largest absolute Gasteiger partial charge is 0.361 e. The van der Waals surface area contributed by atoms with Crippen LogP contribution in [0.5, 0.6) is 0 Å². The van der Waals surface area contributed by atoms with Crippen molar-refractivity contribution in [3.05, 3.63) is 63.9 Å². The number of nitrogens with zero attached hydrogens (tertiary/aromatic N) is 2. The van der Waals surface area contributed by atoms with Crippen molar-refractivity contribution in [2.75, 3.05) is 13.1 Å². The number of rotatable bonds is 4. The summed E-state index contributed by atoms with van der Waals surface area (Å²) in [6, 6.07) is 10.8. The van der Waals surface area contributed by atoms with E-state index in [-0.39, 0.29) is 0 Å². The van der Waals surface area contributed by atoms with Crippen LogP contribution in [-0.4, -0.2) is 28.0 Å². The number of aromatic nitrogens is 2. The summed E-state index contributed by atoms with van der Waals surface area (Å²) in [5.41, 5.74) is 5.22. The summed E-state index contributed by atoms with van der Waals surface area (Å²) < 4.78 is 0. The molecule has 0 saturated carbocycles. The molecule has 1 saturated heterocycles. The molecule has 5 rings (SSSR count). The molecule has 0 unspecified atom stereocenters. The normalized spacial score (nSPS) is 16.5. The molecular weight excluding hydrogens is 358 g/mol. The standard InChI is InChI=1S/C21H21N3S2/c1-2-4-20-18(3-1)19(11-22-20)15-5-8-24(9-6-15)12-17-14-26-21(23-17)16-7-10-25-13-16/h1-4,7,10-11,13-15,22H,5-6,8-9,12H2. The molecule has 1 aliphatic rings. The SMILES string of the molecule is c1ccc2c(C3CCN(Cc4csc(-c5ccsc5)n4)CC3)c[nH]c2c1. The van der Waals surface area contributed by atoms with E-state index in [1.807, 2.05) is 0 Å². The van der Waals surface area contributed by atoms with Crippen LogP contribution in [-0.2, 0) is 6.54 Å². The lowest BCUT2D eigenvalue weighted by Crippen LogP contribution is -2.32. The van der Waals surface area contributed by atoms with Gasteiger partial charge in [-0.3, -0.25) is 4.90 Å². The van der Waals surface area contributed by atoms with Gasteiger partial charge in [0, 0.05) is 40.0 Å². The molecule has 1 aromatic carbocycles. The summed E-state index contributed by atoms with van der Waals surface area (Å²) in [6.45, 7) is 3.27. The van der Waals surface area contributed by atoms with Crippen LogP contribution in [0.1, 0.15) is 30.0 Å². The molecule has 0 aliphatic carbocycles. The van der Waals surface area contributed by atoms with Crippen LogP contribution in [0, 0.1) is 0 Å². The molecule has 4 heterocycles. The number of benzene rings is 1. The summed E-state index contributed by atoms with van der Waals surface area (Å²) in [5, 5.41) is 9.06. The summed E-state index contributed by atoms with van der Waals surface area (Å²) in [5.74, 6) is 0.666. The molecule has 4 aromatic rings. The zero-order valence-corrected chi connectivity index (χ0v) is 16.2. The fraction of sp³-hybridized carbons (Fsp3) is 0.286. The summed E-state index contributed by atoms with van der Waals surface area (Å²) in [6.07, 6.45) is 4.67. The maximum absolute atomic E-state index is 4.84. The van der Waals surface area contributed by atoms with Crippen molar-refractivity contribution in [2.24, 2.45) is 0 Å². The molecule has 1 fully saturated rings. The van der Waals surface area contributed by atoms with Gasteiger partial charge >= 0.3 is 0 Å². The van der Waals surface area contributed by atoms with Crippen molar-refractivity contribution in [1.29, 1.82) is 0 Å². The molecule has 1 N–H and O–H groups in total. The molecular formula is C21H21N3S2. The Morgan fingerprint density at radius 3 is 2.85 bits per heavy atom. The van der Waals surface area contributed by atoms with E-state index in [0.29, 0.717) is 5.92 Å². The van der Waals surface area contributed by atoms with E-state index in [4.69, 9.17) is 4.98 Å². The van der Waals surface area contributed by atoms with E-state index in [2.05, 4.69) is 62.6 Å². The molecule has 132 valence electrons. The van der Waals surface area contributed by atoms with Crippen molar-refractivity contribution in [2.45, 2.75) is 25.3 Å². The maximum atomic E-state index is 4.84. The second-order valence-corrected chi connectivity index (χ2v) is 8.63. The van der Waals surface area contributed by atoms with E-state index in [0.717, 1.165) is 24.6 Å². The van der Waals surface area contributed by atoms with Gasteiger partial charge in [0.15, 0.2) is 0 Å². The number of H-pyrrole nitrogens is 1. The van der Waals surface area contributed by atoms with Crippen LogP contribution < -0.4 is 0 Å².